The summed E-state index contributed by atoms with van der Waals surface area (Å²) >= 11 is 0. The van der Waals surface area contributed by atoms with E-state index in [2.05, 4.69) is 29.5 Å². The van der Waals surface area contributed by atoms with Gasteiger partial charge in [-0.25, -0.2) is 4.99 Å². The first-order valence-electron chi connectivity index (χ1n) is 8.85. The Kier molecular flexibility index (Phi) is 12.9. The summed E-state index contributed by atoms with van der Waals surface area (Å²) in [6.07, 6.45) is 2.23. The van der Waals surface area contributed by atoms with Gasteiger partial charge in [-0.05, 0) is 23.6 Å². The third kappa shape index (κ3) is 9.26. The molecule has 0 aliphatic heterocycles. The number of rotatable bonds is 9. The molecule has 1 aromatic rings. The zero-order chi connectivity index (χ0) is 18.7. The van der Waals surface area contributed by atoms with Crippen LogP contribution < -0.4 is 15.4 Å². The van der Waals surface area contributed by atoms with Gasteiger partial charge in [0.25, 0.3) is 0 Å². The molecule has 1 rings (SSSR count). The predicted octanol–water partition coefficient (Wildman–Crippen LogP) is 2.87. The van der Waals surface area contributed by atoms with E-state index in [-0.39, 0.29) is 36.4 Å². The summed E-state index contributed by atoms with van der Waals surface area (Å²) in [6, 6.07) is 7.83. The Labute approximate surface area is 174 Å². The van der Waals surface area contributed by atoms with Gasteiger partial charge in [-0.15, -0.1) is 24.0 Å². The molecule has 148 valence electrons. The fraction of sp³-hybridized carbons (Fsp3) is 0.579. The van der Waals surface area contributed by atoms with Crippen molar-refractivity contribution in [2.45, 2.75) is 33.2 Å². The molecule has 1 aromatic carbocycles. The topological polar surface area (TPSA) is 66.0 Å². The molecule has 1 amide bonds. The van der Waals surface area contributed by atoms with Gasteiger partial charge in [0.2, 0.25) is 5.91 Å². The number of carbonyl (C=O) groups is 1. The Morgan fingerprint density at radius 3 is 2.27 bits per heavy atom. The summed E-state index contributed by atoms with van der Waals surface area (Å²) in [5, 5.41) is 6.47. The summed E-state index contributed by atoms with van der Waals surface area (Å²) in [4.78, 5) is 18.0. The SMILES string of the molecule is CCC(CC)CNC(=NCc1ccc(OC)cc1)NCC(=O)N(C)C.I. The fourth-order valence-electron chi connectivity index (χ4n) is 2.21. The Morgan fingerprint density at radius 2 is 1.77 bits per heavy atom. The maximum absolute atomic E-state index is 11.8. The second-order valence-corrected chi connectivity index (χ2v) is 6.22. The van der Waals surface area contributed by atoms with Crippen molar-refractivity contribution in [1.82, 2.24) is 15.5 Å². The molecule has 7 heteroatoms. The predicted molar refractivity (Wildman–Crippen MR) is 118 cm³/mol. The van der Waals surface area contributed by atoms with E-state index in [1.807, 2.05) is 24.3 Å². The molecule has 0 aromatic heterocycles. The summed E-state index contributed by atoms with van der Waals surface area (Å²) in [5.74, 6) is 2.10. The number of benzene rings is 1. The van der Waals surface area contributed by atoms with Crippen molar-refractivity contribution in [3.8, 4) is 5.75 Å². The molecule has 0 radical (unpaired) electrons. The Morgan fingerprint density at radius 1 is 1.15 bits per heavy atom. The Balaban J connectivity index is 0.00000625. The first-order valence-corrected chi connectivity index (χ1v) is 8.85. The van der Waals surface area contributed by atoms with Crippen molar-refractivity contribution in [3.05, 3.63) is 29.8 Å². The average Bonchev–Trinajstić information content (AvgIpc) is 2.63. The number of nitrogens with zero attached hydrogens (tertiary/aromatic N) is 2. The van der Waals surface area contributed by atoms with Crippen molar-refractivity contribution in [2.75, 3.05) is 34.3 Å². The van der Waals surface area contributed by atoms with Gasteiger partial charge >= 0.3 is 0 Å². The van der Waals surface area contributed by atoms with Crippen LogP contribution in [-0.4, -0.2) is 51.1 Å². The molecule has 0 atom stereocenters. The fourth-order valence-corrected chi connectivity index (χ4v) is 2.21. The molecule has 0 spiro atoms. The first-order chi connectivity index (χ1) is 12.0. The third-order valence-electron chi connectivity index (χ3n) is 4.20. The molecule has 26 heavy (non-hydrogen) atoms. The molecular weight excluding hydrogens is 443 g/mol. The molecule has 0 aliphatic rings. The molecule has 6 nitrogen and oxygen atoms in total. The van der Waals surface area contributed by atoms with E-state index in [1.54, 1.807) is 26.1 Å². The minimum absolute atomic E-state index is 0. The maximum atomic E-state index is 11.8. The Hall–Kier alpha value is -1.51. The van der Waals surface area contributed by atoms with E-state index in [1.165, 1.54) is 0 Å². The van der Waals surface area contributed by atoms with Gasteiger partial charge in [0, 0.05) is 20.6 Å². The highest BCUT2D eigenvalue weighted by Gasteiger charge is 2.08. The van der Waals surface area contributed by atoms with E-state index >= 15 is 0 Å². The molecule has 0 bridgehead atoms. The zero-order valence-electron chi connectivity index (χ0n) is 16.5. The lowest BCUT2D eigenvalue weighted by molar-refractivity contribution is -0.127. The lowest BCUT2D eigenvalue weighted by atomic mass is 10.0. The highest BCUT2D eigenvalue weighted by Crippen LogP contribution is 2.12. The number of ether oxygens (including phenoxy) is 1. The molecule has 0 aliphatic carbocycles. The lowest BCUT2D eigenvalue weighted by Gasteiger charge is -2.18. The van der Waals surface area contributed by atoms with Gasteiger partial charge in [-0.1, -0.05) is 38.8 Å². The van der Waals surface area contributed by atoms with Gasteiger partial charge in [0.1, 0.15) is 5.75 Å². The number of hydrogen-bond acceptors (Lipinski definition) is 3. The molecule has 0 saturated carbocycles. The van der Waals surface area contributed by atoms with Crippen LogP contribution >= 0.6 is 24.0 Å². The van der Waals surface area contributed by atoms with Gasteiger partial charge < -0.3 is 20.3 Å². The van der Waals surface area contributed by atoms with Gasteiger partial charge in [0.05, 0.1) is 20.2 Å². The van der Waals surface area contributed by atoms with E-state index in [9.17, 15) is 4.79 Å². The van der Waals surface area contributed by atoms with Crippen LogP contribution in [0.5, 0.6) is 5.75 Å². The lowest BCUT2D eigenvalue weighted by Crippen LogP contribution is -2.44. The van der Waals surface area contributed by atoms with Crippen molar-refractivity contribution >= 4 is 35.8 Å². The second kappa shape index (κ2) is 13.7. The third-order valence-corrected chi connectivity index (χ3v) is 4.20. The number of amides is 1. The molecule has 2 N–H and O–H groups in total. The maximum Gasteiger partial charge on any atom is 0.241 e. The van der Waals surface area contributed by atoms with Crippen LogP contribution in [0.3, 0.4) is 0 Å². The quantitative estimate of drug-likeness (QED) is 0.327. The van der Waals surface area contributed by atoms with Crippen LogP contribution in [0.25, 0.3) is 0 Å². The van der Waals surface area contributed by atoms with Crippen molar-refractivity contribution in [1.29, 1.82) is 0 Å². The standard InChI is InChI=1S/C19H32N4O2.HI/c1-6-15(7-2)12-20-19(22-14-18(24)23(3)4)21-13-16-8-10-17(25-5)11-9-16;/h8-11,15H,6-7,12-14H2,1-5H3,(H2,20,21,22);1H. The number of halogens is 1. The number of hydrogen-bond donors (Lipinski definition) is 2. The zero-order valence-corrected chi connectivity index (χ0v) is 18.9. The van der Waals surface area contributed by atoms with Gasteiger partial charge in [-0.3, -0.25) is 4.79 Å². The van der Waals surface area contributed by atoms with Crippen molar-refractivity contribution in [3.63, 3.8) is 0 Å². The van der Waals surface area contributed by atoms with E-state index < -0.39 is 0 Å². The van der Waals surface area contributed by atoms with Crippen LogP contribution in [0.2, 0.25) is 0 Å². The van der Waals surface area contributed by atoms with Crippen molar-refractivity contribution < 1.29 is 9.53 Å². The monoisotopic (exact) mass is 476 g/mol. The van der Waals surface area contributed by atoms with Crippen LogP contribution in [0.15, 0.2) is 29.3 Å². The summed E-state index contributed by atoms with van der Waals surface area (Å²) < 4.78 is 5.17. The number of guanidine groups is 1. The highest BCUT2D eigenvalue weighted by atomic mass is 127. The minimum atomic E-state index is 0. The number of carbonyl (C=O) groups excluding carboxylic acids is 1. The summed E-state index contributed by atoms with van der Waals surface area (Å²) in [7, 11) is 5.14. The second-order valence-electron chi connectivity index (χ2n) is 6.22. The minimum Gasteiger partial charge on any atom is -0.497 e. The molecular formula is C19H33IN4O2. The summed E-state index contributed by atoms with van der Waals surface area (Å²) in [5.41, 5.74) is 1.09. The average molecular weight is 476 g/mol. The Bertz CT molecular complexity index is 543. The molecule has 0 fully saturated rings. The van der Waals surface area contributed by atoms with Crippen LogP contribution in [0.4, 0.5) is 0 Å². The largest absolute Gasteiger partial charge is 0.497 e. The number of nitrogens with one attached hydrogen (secondary N) is 2. The molecule has 0 unspecified atom stereocenters. The highest BCUT2D eigenvalue weighted by molar-refractivity contribution is 14.0. The van der Waals surface area contributed by atoms with Gasteiger partial charge in [0.15, 0.2) is 5.96 Å². The first kappa shape index (κ1) is 24.5. The number of methoxy groups -OCH3 is 1. The van der Waals surface area contributed by atoms with Gasteiger partial charge in [-0.2, -0.15) is 0 Å². The number of aliphatic imine (C=N–C) groups is 1. The smallest absolute Gasteiger partial charge is 0.241 e. The van der Waals surface area contributed by atoms with E-state index in [0.29, 0.717) is 18.4 Å². The van der Waals surface area contributed by atoms with Crippen molar-refractivity contribution in [2.24, 2.45) is 10.9 Å². The molecule has 0 saturated heterocycles. The van der Waals surface area contributed by atoms with E-state index in [4.69, 9.17) is 4.74 Å². The van der Waals surface area contributed by atoms with Crippen LogP contribution in [-0.2, 0) is 11.3 Å². The normalized spacial score (nSPS) is 10.9. The van der Waals surface area contributed by atoms with E-state index in [0.717, 1.165) is 30.7 Å². The summed E-state index contributed by atoms with van der Waals surface area (Å²) in [6.45, 7) is 5.99. The molecule has 0 heterocycles. The van der Waals surface area contributed by atoms with Crippen LogP contribution in [0, 0.1) is 5.92 Å². The number of likely N-dealkylation sites (N-methyl/N-ethyl adjacent to an activating group) is 1. The van der Waals surface area contributed by atoms with Crippen LogP contribution in [0.1, 0.15) is 32.3 Å².